The fourth-order valence-electron chi connectivity index (χ4n) is 3.60. The Morgan fingerprint density at radius 2 is 1.96 bits per heavy atom. The average Bonchev–Trinajstić information content (AvgIpc) is 2.46. The van der Waals surface area contributed by atoms with Crippen LogP contribution in [0.4, 0.5) is 4.39 Å². The summed E-state index contributed by atoms with van der Waals surface area (Å²) in [6.07, 6.45) is 2.12. The first-order valence-corrected chi connectivity index (χ1v) is 9.77. The van der Waals surface area contributed by atoms with E-state index in [9.17, 15) is 17.9 Å². The van der Waals surface area contributed by atoms with Crippen LogP contribution in [0.3, 0.4) is 0 Å². The summed E-state index contributed by atoms with van der Waals surface area (Å²) in [5.74, 6) is -0.575. The number of ether oxygens (including phenoxy) is 1. The van der Waals surface area contributed by atoms with Gasteiger partial charge in [0.05, 0.1) is 22.8 Å². The van der Waals surface area contributed by atoms with Crippen LogP contribution in [0.2, 0.25) is 5.02 Å². The van der Waals surface area contributed by atoms with Crippen LogP contribution < -0.4 is 0 Å². The SMILES string of the molecule is CC1(O)CCOC2(CCN(S(=O)(=O)c3ccc(F)cc3Cl)CC2)C1. The lowest BCUT2D eigenvalue weighted by Gasteiger charge is -2.47. The highest BCUT2D eigenvalue weighted by Gasteiger charge is 2.46. The molecule has 2 fully saturated rings. The molecule has 1 atom stereocenters. The minimum Gasteiger partial charge on any atom is -0.390 e. The Morgan fingerprint density at radius 3 is 2.54 bits per heavy atom. The van der Waals surface area contributed by atoms with Gasteiger partial charge in [0.25, 0.3) is 0 Å². The van der Waals surface area contributed by atoms with Crippen LogP contribution in [0.25, 0.3) is 0 Å². The van der Waals surface area contributed by atoms with Gasteiger partial charge >= 0.3 is 0 Å². The molecule has 1 N–H and O–H groups in total. The fourth-order valence-corrected chi connectivity index (χ4v) is 5.55. The smallest absolute Gasteiger partial charge is 0.244 e. The summed E-state index contributed by atoms with van der Waals surface area (Å²) in [4.78, 5) is -0.0851. The zero-order valence-corrected chi connectivity index (χ0v) is 15.0. The number of hydrogen-bond donors (Lipinski definition) is 1. The van der Waals surface area contributed by atoms with E-state index in [1.54, 1.807) is 6.92 Å². The van der Waals surface area contributed by atoms with Crippen molar-refractivity contribution in [3.8, 4) is 0 Å². The molecule has 0 aliphatic carbocycles. The summed E-state index contributed by atoms with van der Waals surface area (Å²) < 4.78 is 45.9. The van der Waals surface area contributed by atoms with Crippen LogP contribution in [-0.4, -0.2) is 48.7 Å². The van der Waals surface area contributed by atoms with Crippen molar-refractivity contribution < 1.29 is 22.7 Å². The molecule has 5 nitrogen and oxygen atoms in total. The van der Waals surface area contributed by atoms with Gasteiger partial charge in [0.2, 0.25) is 10.0 Å². The molecule has 134 valence electrons. The molecule has 1 aromatic carbocycles. The first kappa shape index (κ1) is 18.1. The van der Waals surface area contributed by atoms with Crippen LogP contribution in [0.5, 0.6) is 0 Å². The van der Waals surface area contributed by atoms with Gasteiger partial charge in [-0.2, -0.15) is 4.31 Å². The Hall–Kier alpha value is -0.730. The maximum absolute atomic E-state index is 13.2. The molecule has 0 radical (unpaired) electrons. The van der Waals surface area contributed by atoms with E-state index in [1.807, 2.05) is 0 Å². The van der Waals surface area contributed by atoms with Gasteiger partial charge in [0.15, 0.2) is 0 Å². The topological polar surface area (TPSA) is 66.8 Å². The first-order valence-electron chi connectivity index (χ1n) is 7.95. The third-order valence-corrected chi connectivity index (χ3v) is 7.28. The van der Waals surface area contributed by atoms with Gasteiger partial charge < -0.3 is 9.84 Å². The van der Waals surface area contributed by atoms with Gasteiger partial charge in [-0.15, -0.1) is 0 Å². The molecule has 0 bridgehead atoms. The number of benzene rings is 1. The summed E-state index contributed by atoms with van der Waals surface area (Å²) in [6.45, 7) is 2.83. The molecular weight excluding hydrogens is 357 g/mol. The average molecular weight is 378 g/mol. The second-order valence-corrected chi connectivity index (χ2v) is 9.25. The zero-order chi connectivity index (χ0) is 17.6. The van der Waals surface area contributed by atoms with Crippen molar-refractivity contribution in [1.82, 2.24) is 4.31 Å². The minimum absolute atomic E-state index is 0.0851. The quantitative estimate of drug-likeness (QED) is 0.860. The number of piperidine rings is 1. The van der Waals surface area contributed by atoms with E-state index in [4.69, 9.17) is 16.3 Å². The van der Waals surface area contributed by atoms with E-state index in [1.165, 1.54) is 10.4 Å². The van der Waals surface area contributed by atoms with Gasteiger partial charge in [-0.3, -0.25) is 0 Å². The van der Waals surface area contributed by atoms with E-state index >= 15 is 0 Å². The van der Waals surface area contributed by atoms with E-state index < -0.39 is 27.0 Å². The minimum atomic E-state index is -3.78. The van der Waals surface area contributed by atoms with Crippen molar-refractivity contribution in [3.05, 3.63) is 29.0 Å². The van der Waals surface area contributed by atoms with Crippen LogP contribution in [0.1, 0.15) is 32.6 Å². The molecule has 2 aliphatic rings. The van der Waals surface area contributed by atoms with Crippen molar-refractivity contribution >= 4 is 21.6 Å². The zero-order valence-electron chi connectivity index (χ0n) is 13.5. The molecule has 2 heterocycles. The van der Waals surface area contributed by atoms with E-state index in [0.29, 0.717) is 32.3 Å². The van der Waals surface area contributed by atoms with Crippen LogP contribution in [-0.2, 0) is 14.8 Å². The Balaban J connectivity index is 1.76. The fraction of sp³-hybridized carbons (Fsp3) is 0.625. The standard InChI is InChI=1S/C16H21ClFNO4S/c1-15(20)6-9-23-16(11-15)4-7-19(8-5-16)24(21,22)14-3-2-12(18)10-13(14)17/h2-3,10,20H,4-9,11H2,1H3. The Morgan fingerprint density at radius 1 is 1.29 bits per heavy atom. The molecule has 0 amide bonds. The van der Waals surface area contributed by atoms with Crippen molar-refractivity contribution in [2.24, 2.45) is 0 Å². The molecule has 1 unspecified atom stereocenters. The van der Waals surface area contributed by atoms with Gasteiger partial charge in [-0.1, -0.05) is 11.6 Å². The summed E-state index contributed by atoms with van der Waals surface area (Å²) >= 11 is 5.91. The van der Waals surface area contributed by atoms with Crippen molar-refractivity contribution in [1.29, 1.82) is 0 Å². The van der Waals surface area contributed by atoms with Crippen LogP contribution >= 0.6 is 11.6 Å². The van der Waals surface area contributed by atoms with Crippen molar-refractivity contribution in [3.63, 3.8) is 0 Å². The Labute approximate surface area is 146 Å². The lowest BCUT2D eigenvalue weighted by atomic mass is 9.78. The summed E-state index contributed by atoms with van der Waals surface area (Å²) in [6, 6.07) is 3.28. The molecule has 3 rings (SSSR count). The molecular formula is C16H21ClFNO4S. The molecule has 8 heteroatoms. The van der Waals surface area contributed by atoms with Crippen molar-refractivity contribution in [2.45, 2.75) is 48.7 Å². The van der Waals surface area contributed by atoms with Gasteiger partial charge in [0.1, 0.15) is 10.7 Å². The van der Waals surface area contributed by atoms with E-state index in [-0.39, 0.29) is 23.0 Å². The van der Waals surface area contributed by atoms with Gasteiger partial charge in [0, 0.05) is 19.5 Å². The molecule has 24 heavy (non-hydrogen) atoms. The Bertz CT molecular complexity index is 730. The molecule has 0 aromatic heterocycles. The first-order chi connectivity index (χ1) is 11.1. The molecule has 1 spiro atoms. The van der Waals surface area contributed by atoms with E-state index in [0.717, 1.165) is 12.1 Å². The maximum Gasteiger partial charge on any atom is 0.244 e. The highest BCUT2D eigenvalue weighted by molar-refractivity contribution is 7.89. The van der Waals surface area contributed by atoms with Crippen molar-refractivity contribution in [2.75, 3.05) is 19.7 Å². The van der Waals surface area contributed by atoms with E-state index in [2.05, 4.69) is 0 Å². The highest BCUT2D eigenvalue weighted by atomic mass is 35.5. The monoisotopic (exact) mass is 377 g/mol. The van der Waals surface area contributed by atoms with Crippen LogP contribution in [0, 0.1) is 5.82 Å². The largest absolute Gasteiger partial charge is 0.390 e. The van der Waals surface area contributed by atoms with Crippen LogP contribution in [0.15, 0.2) is 23.1 Å². The number of rotatable bonds is 2. The maximum atomic E-state index is 13.2. The number of halogens is 2. The molecule has 0 saturated carbocycles. The van der Waals surface area contributed by atoms with Gasteiger partial charge in [-0.05, 0) is 44.4 Å². The predicted octanol–water partition coefficient (Wildman–Crippen LogP) is 2.56. The van der Waals surface area contributed by atoms with Gasteiger partial charge in [-0.25, -0.2) is 12.8 Å². The number of sulfonamides is 1. The highest BCUT2D eigenvalue weighted by Crippen LogP contribution is 2.40. The molecule has 2 saturated heterocycles. The number of aliphatic hydroxyl groups is 1. The number of nitrogens with zero attached hydrogens (tertiary/aromatic N) is 1. The molecule has 2 aliphatic heterocycles. The Kier molecular flexibility index (Phi) is 4.68. The summed E-state index contributed by atoms with van der Waals surface area (Å²) in [7, 11) is -3.78. The third kappa shape index (κ3) is 3.46. The summed E-state index contributed by atoms with van der Waals surface area (Å²) in [5, 5.41) is 10.2. The lowest BCUT2D eigenvalue weighted by molar-refractivity contribution is -0.168. The second kappa shape index (κ2) is 6.21. The summed E-state index contributed by atoms with van der Waals surface area (Å²) in [5.41, 5.74) is -1.25. The predicted molar refractivity (Wildman–Crippen MR) is 87.9 cm³/mol. The normalized spacial score (nSPS) is 28.2. The number of hydrogen-bond acceptors (Lipinski definition) is 4. The third-order valence-electron chi connectivity index (χ3n) is 4.90. The lowest BCUT2D eigenvalue weighted by Crippen LogP contribution is -2.54. The second-order valence-electron chi connectivity index (χ2n) is 6.93. The molecule has 1 aromatic rings.